The van der Waals surface area contributed by atoms with Gasteiger partial charge in [-0.25, -0.2) is 0 Å². The van der Waals surface area contributed by atoms with Crippen LogP contribution in [-0.2, 0) is 0 Å². The molecule has 1 amide bonds. The van der Waals surface area contributed by atoms with Gasteiger partial charge in [0.15, 0.2) is 5.69 Å². The second-order valence-corrected chi connectivity index (χ2v) is 5.87. The average Bonchev–Trinajstić information content (AvgIpc) is 3.05. The third-order valence-corrected chi connectivity index (χ3v) is 4.19. The fourth-order valence-corrected chi connectivity index (χ4v) is 2.83. The molecule has 1 aliphatic heterocycles. The van der Waals surface area contributed by atoms with Crippen molar-refractivity contribution < 1.29 is 4.79 Å². The van der Waals surface area contributed by atoms with Crippen molar-refractivity contribution in [1.29, 1.82) is 0 Å². The van der Waals surface area contributed by atoms with E-state index in [9.17, 15) is 4.79 Å². The quantitative estimate of drug-likeness (QED) is 0.929. The molecule has 1 aromatic carbocycles. The molecule has 0 saturated carbocycles. The van der Waals surface area contributed by atoms with Gasteiger partial charge in [0.1, 0.15) is 0 Å². The Morgan fingerprint density at radius 1 is 1.35 bits per heavy atom. The molecule has 2 heterocycles. The minimum Gasteiger partial charge on any atom is -0.337 e. The van der Waals surface area contributed by atoms with Crippen molar-refractivity contribution in [2.24, 2.45) is 11.7 Å². The summed E-state index contributed by atoms with van der Waals surface area (Å²) in [5.41, 5.74) is 7.20. The molecule has 0 spiro atoms. The maximum Gasteiger partial charge on any atom is 0.276 e. The van der Waals surface area contributed by atoms with Crippen LogP contribution in [0, 0.1) is 5.92 Å². The van der Waals surface area contributed by atoms with Crippen molar-refractivity contribution in [3.05, 3.63) is 42.2 Å². The molecule has 0 radical (unpaired) electrons. The Kier molecular flexibility index (Phi) is 5.74. The Bertz CT molecular complexity index is 643. The lowest BCUT2D eigenvalue weighted by atomic mass is 9.92. The van der Waals surface area contributed by atoms with Crippen LogP contribution in [0.3, 0.4) is 0 Å². The van der Waals surface area contributed by atoms with Gasteiger partial charge < -0.3 is 10.6 Å². The number of benzene rings is 1. The third-order valence-electron chi connectivity index (χ3n) is 4.19. The van der Waals surface area contributed by atoms with Gasteiger partial charge in [-0.2, -0.15) is 9.90 Å². The largest absolute Gasteiger partial charge is 0.337 e. The molecule has 6 nitrogen and oxygen atoms in total. The molecule has 1 aromatic heterocycles. The van der Waals surface area contributed by atoms with Gasteiger partial charge in [0, 0.05) is 19.1 Å². The number of carbonyl (C=O) groups excluding carboxylic acids is 1. The summed E-state index contributed by atoms with van der Waals surface area (Å²) in [6.45, 7) is 3.47. The van der Waals surface area contributed by atoms with Crippen LogP contribution >= 0.6 is 12.4 Å². The highest BCUT2D eigenvalue weighted by Crippen LogP contribution is 2.20. The Morgan fingerprint density at radius 3 is 2.78 bits per heavy atom. The minimum absolute atomic E-state index is 0. The number of halogens is 1. The molecule has 1 aliphatic rings. The van der Waals surface area contributed by atoms with Crippen molar-refractivity contribution in [3.8, 4) is 5.69 Å². The summed E-state index contributed by atoms with van der Waals surface area (Å²) in [5, 5.41) is 8.50. The van der Waals surface area contributed by atoms with Gasteiger partial charge in [0.05, 0.1) is 11.9 Å². The zero-order valence-corrected chi connectivity index (χ0v) is 13.9. The molecule has 2 atom stereocenters. The number of amides is 1. The average molecular weight is 336 g/mol. The summed E-state index contributed by atoms with van der Waals surface area (Å²) in [5.74, 6) is 0.300. The SMILES string of the molecule is CC(N)C1CCCN(C(=O)c2cnn(-c3ccccc3)n2)C1.Cl. The first-order valence-corrected chi connectivity index (χ1v) is 7.68. The Hall–Kier alpha value is -1.92. The molecule has 124 valence electrons. The monoisotopic (exact) mass is 335 g/mol. The molecule has 0 bridgehead atoms. The molecule has 1 fully saturated rings. The molecule has 1 saturated heterocycles. The van der Waals surface area contributed by atoms with Crippen LogP contribution in [0.5, 0.6) is 0 Å². The predicted octanol–water partition coefficient (Wildman–Crippen LogP) is 1.89. The van der Waals surface area contributed by atoms with Crippen LogP contribution in [-0.4, -0.2) is 44.9 Å². The summed E-state index contributed by atoms with van der Waals surface area (Å²) in [6, 6.07) is 9.68. The van der Waals surface area contributed by atoms with Crippen LogP contribution < -0.4 is 5.73 Å². The van der Waals surface area contributed by atoms with Gasteiger partial charge in [-0.3, -0.25) is 4.79 Å². The number of hydrogen-bond acceptors (Lipinski definition) is 4. The van der Waals surface area contributed by atoms with Gasteiger partial charge in [0.2, 0.25) is 0 Å². The van der Waals surface area contributed by atoms with Crippen LogP contribution in [0.4, 0.5) is 0 Å². The number of nitrogens with zero attached hydrogens (tertiary/aromatic N) is 4. The Morgan fingerprint density at radius 2 is 2.09 bits per heavy atom. The highest BCUT2D eigenvalue weighted by atomic mass is 35.5. The first-order valence-electron chi connectivity index (χ1n) is 7.68. The molecule has 3 rings (SSSR count). The van der Waals surface area contributed by atoms with E-state index in [1.54, 1.807) is 0 Å². The number of piperidine rings is 1. The lowest BCUT2D eigenvalue weighted by Crippen LogP contribution is -2.45. The lowest BCUT2D eigenvalue weighted by Gasteiger charge is -2.34. The van der Waals surface area contributed by atoms with E-state index in [0.29, 0.717) is 18.2 Å². The smallest absolute Gasteiger partial charge is 0.276 e. The van der Waals surface area contributed by atoms with Crippen molar-refractivity contribution in [3.63, 3.8) is 0 Å². The van der Waals surface area contributed by atoms with Crippen molar-refractivity contribution in [2.45, 2.75) is 25.8 Å². The zero-order valence-electron chi connectivity index (χ0n) is 13.1. The summed E-state index contributed by atoms with van der Waals surface area (Å²) >= 11 is 0. The molecule has 2 aromatic rings. The summed E-state index contributed by atoms with van der Waals surface area (Å²) < 4.78 is 0. The number of para-hydroxylation sites is 1. The van der Waals surface area contributed by atoms with Gasteiger partial charge in [-0.05, 0) is 37.8 Å². The topological polar surface area (TPSA) is 77.0 Å². The first-order chi connectivity index (χ1) is 10.6. The number of aromatic nitrogens is 3. The highest BCUT2D eigenvalue weighted by molar-refractivity contribution is 5.92. The van der Waals surface area contributed by atoms with Crippen molar-refractivity contribution in [1.82, 2.24) is 19.9 Å². The van der Waals surface area contributed by atoms with Crippen LogP contribution in [0.15, 0.2) is 36.5 Å². The molecule has 0 aliphatic carbocycles. The van der Waals surface area contributed by atoms with E-state index in [2.05, 4.69) is 10.2 Å². The minimum atomic E-state index is -0.0625. The van der Waals surface area contributed by atoms with E-state index in [0.717, 1.165) is 25.1 Å². The van der Waals surface area contributed by atoms with E-state index in [-0.39, 0.29) is 24.4 Å². The van der Waals surface area contributed by atoms with E-state index in [4.69, 9.17) is 5.73 Å². The number of nitrogens with two attached hydrogens (primary N) is 1. The summed E-state index contributed by atoms with van der Waals surface area (Å²) in [6.07, 6.45) is 3.60. The number of likely N-dealkylation sites (tertiary alicyclic amines) is 1. The summed E-state index contributed by atoms with van der Waals surface area (Å²) in [7, 11) is 0. The Labute approximate surface area is 142 Å². The number of rotatable bonds is 3. The molecular formula is C16H22ClN5O. The Balaban J connectivity index is 0.00000192. The fourth-order valence-electron chi connectivity index (χ4n) is 2.83. The second kappa shape index (κ2) is 7.57. The third kappa shape index (κ3) is 3.89. The highest BCUT2D eigenvalue weighted by Gasteiger charge is 2.27. The van der Waals surface area contributed by atoms with Crippen LogP contribution in [0.2, 0.25) is 0 Å². The van der Waals surface area contributed by atoms with Gasteiger partial charge >= 0.3 is 0 Å². The molecule has 7 heteroatoms. The zero-order chi connectivity index (χ0) is 15.5. The van der Waals surface area contributed by atoms with Crippen molar-refractivity contribution >= 4 is 18.3 Å². The molecule has 2 N–H and O–H groups in total. The van der Waals surface area contributed by atoms with E-state index in [1.807, 2.05) is 42.2 Å². The normalized spacial score (nSPS) is 19.0. The van der Waals surface area contributed by atoms with E-state index in [1.165, 1.54) is 11.0 Å². The molecular weight excluding hydrogens is 314 g/mol. The number of carbonyl (C=O) groups is 1. The van der Waals surface area contributed by atoms with Gasteiger partial charge in [0.25, 0.3) is 5.91 Å². The van der Waals surface area contributed by atoms with Crippen LogP contribution in [0.1, 0.15) is 30.3 Å². The fraction of sp³-hybridized carbons (Fsp3) is 0.438. The maximum atomic E-state index is 12.6. The number of hydrogen-bond donors (Lipinski definition) is 1. The summed E-state index contributed by atoms with van der Waals surface area (Å²) in [4.78, 5) is 15.9. The molecule has 23 heavy (non-hydrogen) atoms. The second-order valence-electron chi connectivity index (χ2n) is 5.87. The van der Waals surface area contributed by atoms with Gasteiger partial charge in [-0.15, -0.1) is 17.5 Å². The van der Waals surface area contributed by atoms with E-state index < -0.39 is 0 Å². The first kappa shape index (κ1) is 17.4. The lowest BCUT2D eigenvalue weighted by molar-refractivity contribution is 0.0654. The maximum absolute atomic E-state index is 12.6. The predicted molar refractivity (Wildman–Crippen MR) is 90.9 cm³/mol. The van der Waals surface area contributed by atoms with Crippen LogP contribution in [0.25, 0.3) is 5.69 Å². The van der Waals surface area contributed by atoms with Gasteiger partial charge in [-0.1, -0.05) is 18.2 Å². The standard InChI is InChI=1S/C16H21N5O.ClH/c1-12(17)13-6-5-9-20(11-13)16(22)15-10-18-21(19-15)14-7-3-2-4-8-14;/h2-4,7-8,10,12-13H,5-6,9,11,17H2,1H3;1H. The van der Waals surface area contributed by atoms with Crippen molar-refractivity contribution in [2.75, 3.05) is 13.1 Å². The molecule has 2 unspecified atom stereocenters. The van der Waals surface area contributed by atoms with E-state index >= 15 is 0 Å².